The quantitative estimate of drug-likeness (QED) is 0.768. The number of nitrogen functional groups attached to an aromatic ring is 1. The first kappa shape index (κ1) is 9.77. The van der Waals surface area contributed by atoms with Crippen molar-refractivity contribution in [1.29, 1.82) is 0 Å². The lowest BCUT2D eigenvalue weighted by Gasteiger charge is -2.13. The van der Waals surface area contributed by atoms with Crippen molar-refractivity contribution in [2.24, 2.45) is 0 Å². The maximum Gasteiger partial charge on any atom is 0.221 e. The Hall–Kier alpha value is -1.32. The van der Waals surface area contributed by atoms with Crippen LogP contribution in [-0.2, 0) is 0 Å². The Morgan fingerprint density at radius 1 is 1.54 bits per heavy atom. The Labute approximate surface area is 78.1 Å². The Balaban J connectivity index is 2.83. The van der Waals surface area contributed by atoms with Gasteiger partial charge in [-0.15, -0.1) is 0 Å². The number of rotatable bonds is 3. The van der Waals surface area contributed by atoms with Crippen molar-refractivity contribution in [2.75, 3.05) is 5.73 Å². The monoisotopic (exact) mass is 181 g/mol. The molecule has 0 spiro atoms. The predicted molar refractivity (Wildman–Crippen MR) is 51.6 cm³/mol. The molecule has 72 valence electrons. The van der Waals surface area contributed by atoms with Gasteiger partial charge >= 0.3 is 0 Å². The van der Waals surface area contributed by atoms with Crippen molar-refractivity contribution < 1.29 is 4.74 Å². The summed E-state index contributed by atoms with van der Waals surface area (Å²) >= 11 is 0. The van der Waals surface area contributed by atoms with E-state index in [4.69, 9.17) is 10.5 Å². The maximum absolute atomic E-state index is 5.61. The third kappa shape index (κ3) is 2.31. The molecule has 1 unspecified atom stereocenters. The molecule has 1 aromatic heterocycles. The average molecular weight is 181 g/mol. The zero-order valence-electron chi connectivity index (χ0n) is 8.24. The van der Waals surface area contributed by atoms with Crippen LogP contribution in [-0.4, -0.2) is 16.1 Å². The maximum atomic E-state index is 5.61. The van der Waals surface area contributed by atoms with Gasteiger partial charge < -0.3 is 10.5 Å². The molecule has 0 aliphatic carbocycles. The van der Waals surface area contributed by atoms with Crippen molar-refractivity contribution in [1.82, 2.24) is 9.97 Å². The molecule has 0 radical (unpaired) electrons. The smallest absolute Gasteiger partial charge is 0.221 e. The van der Waals surface area contributed by atoms with E-state index in [0.29, 0.717) is 11.7 Å². The number of anilines is 1. The zero-order valence-corrected chi connectivity index (χ0v) is 8.24. The number of ether oxygens (including phenoxy) is 1. The SMILES string of the molecule is CCC(C)Oc1ncnc(N)c1C. The van der Waals surface area contributed by atoms with Gasteiger partial charge in [0.25, 0.3) is 0 Å². The third-order valence-corrected chi connectivity index (χ3v) is 1.96. The van der Waals surface area contributed by atoms with Gasteiger partial charge in [0.1, 0.15) is 12.1 Å². The molecule has 1 atom stereocenters. The first-order valence-corrected chi connectivity index (χ1v) is 4.38. The van der Waals surface area contributed by atoms with E-state index in [1.807, 2.05) is 13.8 Å². The fourth-order valence-corrected chi connectivity index (χ4v) is 0.839. The first-order valence-electron chi connectivity index (χ1n) is 4.38. The molecule has 0 saturated heterocycles. The average Bonchev–Trinajstić information content (AvgIpc) is 2.13. The second-order valence-corrected chi connectivity index (χ2v) is 3.03. The van der Waals surface area contributed by atoms with E-state index in [0.717, 1.165) is 12.0 Å². The topological polar surface area (TPSA) is 61.0 Å². The highest BCUT2D eigenvalue weighted by molar-refractivity contribution is 5.43. The van der Waals surface area contributed by atoms with Crippen LogP contribution in [0.15, 0.2) is 6.33 Å². The van der Waals surface area contributed by atoms with Gasteiger partial charge in [0, 0.05) is 0 Å². The van der Waals surface area contributed by atoms with Crippen LogP contribution >= 0.6 is 0 Å². The van der Waals surface area contributed by atoms with Gasteiger partial charge in [-0.2, -0.15) is 0 Å². The van der Waals surface area contributed by atoms with Crippen LogP contribution in [0.25, 0.3) is 0 Å². The lowest BCUT2D eigenvalue weighted by molar-refractivity contribution is 0.207. The van der Waals surface area contributed by atoms with Crippen molar-refractivity contribution in [3.05, 3.63) is 11.9 Å². The summed E-state index contributed by atoms with van der Waals surface area (Å²) in [7, 11) is 0. The summed E-state index contributed by atoms with van der Waals surface area (Å²) in [6.07, 6.45) is 2.52. The Bertz CT molecular complexity index is 288. The van der Waals surface area contributed by atoms with Crippen LogP contribution in [0.5, 0.6) is 5.88 Å². The summed E-state index contributed by atoms with van der Waals surface area (Å²) < 4.78 is 5.54. The molecule has 0 fully saturated rings. The molecule has 1 rings (SSSR count). The normalized spacial score (nSPS) is 12.5. The van der Waals surface area contributed by atoms with Gasteiger partial charge in [-0.25, -0.2) is 9.97 Å². The van der Waals surface area contributed by atoms with Crippen molar-refractivity contribution in [3.8, 4) is 5.88 Å². The van der Waals surface area contributed by atoms with E-state index in [1.54, 1.807) is 0 Å². The minimum absolute atomic E-state index is 0.160. The molecule has 0 saturated carbocycles. The molecule has 4 nitrogen and oxygen atoms in total. The van der Waals surface area contributed by atoms with E-state index in [1.165, 1.54) is 6.33 Å². The van der Waals surface area contributed by atoms with Gasteiger partial charge in [-0.05, 0) is 20.3 Å². The van der Waals surface area contributed by atoms with Crippen molar-refractivity contribution in [2.45, 2.75) is 33.3 Å². The lowest BCUT2D eigenvalue weighted by Crippen LogP contribution is -2.12. The molecule has 0 bridgehead atoms. The first-order chi connectivity index (χ1) is 6.15. The molecule has 13 heavy (non-hydrogen) atoms. The van der Waals surface area contributed by atoms with E-state index < -0.39 is 0 Å². The molecule has 1 aromatic rings. The molecule has 2 N–H and O–H groups in total. The van der Waals surface area contributed by atoms with Gasteiger partial charge in [0.05, 0.1) is 11.7 Å². The highest BCUT2D eigenvalue weighted by Gasteiger charge is 2.07. The van der Waals surface area contributed by atoms with Crippen LogP contribution in [0.4, 0.5) is 5.82 Å². The van der Waals surface area contributed by atoms with Gasteiger partial charge in [-0.3, -0.25) is 0 Å². The van der Waals surface area contributed by atoms with Crippen LogP contribution in [0, 0.1) is 6.92 Å². The molecule has 0 aliphatic rings. The van der Waals surface area contributed by atoms with Crippen LogP contribution < -0.4 is 10.5 Å². The number of nitrogens with zero attached hydrogens (tertiary/aromatic N) is 2. The molecule has 0 amide bonds. The third-order valence-electron chi connectivity index (χ3n) is 1.96. The zero-order chi connectivity index (χ0) is 9.84. The number of aromatic nitrogens is 2. The largest absolute Gasteiger partial charge is 0.474 e. The van der Waals surface area contributed by atoms with Crippen LogP contribution in [0.1, 0.15) is 25.8 Å². The summed E-state index contributed by atoms with van der Waals surface area (Å²) in [5.41, 5.74) is 6.41. The molecular weight excluding hydrogens is 166 g/mol. The summed E-state index contributed by atoms with van der Waals surface area (Å²) in [5, 5.41) is 0. The van der Waals surface area contributed by atoms with E-state index >= 15 is 0 Å². The minimum atomic E-state index is 0.160. The molecule has 4 heteroatoms. The minimum Gasteiger partial charge on any atom is -0.474 e. The fraction of sp³-hybridized carbons (Fsp3) is 0.556. The summed E-state index contributed by atoms with van der Waals surface area (Å²) in [6.45, 7) is 5.91. The second kappa shape index (κ2) is 4.07. The van der Waals surface area contributed by atoms with Crippen molar-refractivity contribution >= 4 is 5.82 Å². The fourth-order valence-electron chi connectivity index (χ4n) is 0.839. The van der Waals surface area contributed by atoms with Crippen LogP contribution in [0.2, 0.25) is 0 Å². The summed E-state index contributed by atoms with van der Waals surface area (Å²) in [6, 6.07) is 0. The van der Waals surface area contributed by atoms with Gasteiger partial charge in [0.15, 0.2) is 0 Å². The van der Waals surface area contributed by atoms with Crippen molar-refractivity contribution in [3.63, 3.8) is 0 Å². The standard InChI is InChI=1S/C9H15N3O/c1-4-6(2)13-9-7(3)8(10)11-5-12-9/h5-6H,4H2,1-3H3,(H2,10,11,12). The van der Waals surface area contributed by atoms with Gasteiger partial charge in [-0.1, -0.05) is 6.92 Å². The highest BCUT2D eigenvalue weighted by atomic mass is 16.5. The lowest BCUT2D eigenvalue weighted by atomic mass is 10.3. The second-order valence-electron chi connectivity index (χ2n) is 3.03. The highest BCUT2D eigenvalue weighted by Crippen LogP contribution is 2.19. The van der Waals surface area contributed by atoms with E-state index in [9.17, 15) is 0 Å². The number of hydrogen-bond donors (Lipinski definition) is 1. The number of hydrogen-bond acceptors (Lipinski definition) is 4. The van der Waals surface area contributed by atoms with Crippen LogP contribution in [0.3, 0.4) is 0 Å². The number of nitrogens with two attached hydrogens (primary N) is 1. The van der Waals surface area contributed by atoms with E-state index in [2.05, 4.69) is 16.9 Å². The molecule has 0 aliphatic heterocycles. The Kier molecular flexibility index (Phi) is 3.06. The summed E-state index contributed by atoms with van der Waals surface area (Å²) in [5.74, 6) is 1.06. The molecule has 1 heterocycles. The predicted octanol–water partition coefficient (Wildman–Crippen LogP) is 1.54. The molecule has 0 aromatic carbocycles. The Morgan fingerprint density at radius 3 is 2.85 bits per heavy atom. The Morgan fingerprint density at radius 2 is 2.23 bits per heavy atom. The summed E-state index contributed by atoms with van der Waals surface area (Å²) in [4.78, 5) is 7.87. The van der Waals surface area contributed by atoms with E-state index in [-0.39, 0.29) is 6.10 Å². The van der Waals surface area contributed by atoms with Gasteiger partial charge in [0.2, 0.25) is 5.88 Å². The molecular formula is C9H15N3O.